The molecule has 0 aliphatic rings. The molecule has 0 fully saturated rings. The van der Waals surface area contributed by atoms with Gasteiger partial charge in [-0.1, -0.05) is 29.8 Å². The van der Waals surface area contributed by atoms with Crippen molar-refractivity contribution in [3.05, 3.63) is 64.3 Å². The number of carboxylic acids is 1. The molecule has 2 aromatic heterocycles. The van der Waals surface area contributed by atoms with E-state index in [2.05, 4.69) is 15.3 Å². The molecule has 136 valence electrons. The van der Waals surface area contributed by atoms with Crippen LogP contribution in [-0.2, 0) is 11.2 Å². The molecule has 0 saturated carbocycles. The summed E-state index contributed by atoms with van der Waals surface area (Å²) in [7, 11) is 0. The lowest BCUT2D eigenvalue weighted by Crippen LogP contribution is -2.42. The molecule has 0 spiro atoms. The van der Waals surface area contributed by atoms with Crippen LogP contribution in [0.4, 0.5) is 0 Å². The third-order valence-electron chi connectivity index (χ3n) is 4.14. The molecule has 1 amide bonds. The molecule has 0 aliphatic carbocycles. The Balaban J connectivity index is 1.54. The highest BCUT2D eigenvalue weighted by molar-refractivity contribution is 7.20. The van der Waals surface area contributed by atoms with Crippen LogP contribution in [0.5, 0.6) is 0 Å². The first-order valence-corrected chi connectivity index (χ1v) is 9.35. The lowest BCUT2D eigenvalue weighted by molar-refractivity contribution is -0.139. The minimum atomic E-state index is -1.12. The van der Waals surface area contributed by atoms with Crippen LogP contribution in [0.2, 0.25) is 5.02 Å². The minimum Gasteiger partial charge on any atom is -0.480 e. The van der Waals surface area contributed by atoms with Crippen LogP contribution in [0.25, 0.3) is 21.1 Å². The number of halogens is 1. The number of benzene rings is 2. The summed E-state index contributed by atoms with van der Waals surface area (Å²) in [5.41, 5.74) is 1.41. The van der Waals surface area contributed by atoms with Gasteiger partial charge >= 0.3 is 5.97 Å². The van der Waals surface area contributed by atoms with Crippen molar-refractivity contribution in [3.63, 3.8) is 0 Å². The van der Waals surface area contributed by atoms with Gasteiger partial charge in [-0.2, -0.15) is 0 Å². The number of nitrogens with one attached hydrogen (secondary N) is 2. The van der Waals surface area contributed by atoms with Crippen LogP contribution in [0, 0.1) is 0 Å². The van der Waals surface area contributed by atoms with E-state index in [0.29, 0.717) is 21.2 Å². The number of H-pyrrole nitrogens is 1. The number of aromatic nitrogens is 2. The number of hydrogen-bond acceptors (Lipinski definition) is 4. The van der Waals surface area contributed by atoms with E-state index in [9.17, 15) is 14.7 Å². The molecule has 0 radical (unpaired) electrons. The number of thiophene rings is 1. The zero-order chi connectivity index (χ0) is 19.0. The molecular weight excluding hydrogens is 386 g/mol. The number of aliphatic carboxylic acids is 1. The van der Waals surface area contributed by atoms with E-state index < -0.39 is 17.9 Å². The fourth-order valence-electron chi connectivity index (χ4n) is 2.85. The SMILES string of the molecule is O=C(N[C@H](Cc1nc2ccc(Cl)cc2[nH]1)C(=O)O)c1cc2ccccc2s1. The molecule has 2 aromatic carbocycles. The van der Waals surface area contributed by atoms with Gasteiger partial charge in [0.1, 0.15) is 11.9 Å². The summed E-state index contributed by atoms with van der Waals surface area (Å²) in [6.45, 7) is 0. The summed E-state index contributed by atoms with van der Waals surface area (Å²) >= 11 is 7.28. The summed E-state index contributed by atoms with van der Waals surface area (Å²) in [6, 6.07) is 13.5. The molecule has 4 aromatic rings. The third-order valence-corrected chi connectivity index (χ3v) is 5.49. The monoisotopic (exact) mass is 399 g/mol. The van der Waals surface area contributed by atoms with E-state index >= 15 is 0 Å². The van der Waals surface area contributed by atoms with Gasteiger partial charge in [0.05, 0.1) is 15.9 Å². The molecule has 8 heteroatoms. The zero-order valence-corrected chi connectivity index (χ0v) is 15.5. The molecule has 0 aliphatic heterocycles. The molecule has 2 heterocycles. The number of fused-ring (bicyclic) bond motifs is 2. The van der Waals surface area contributed by atoms with Crippen molar-refractivity contribution in [2.75, 3.05) is 0 Å². The first kappa shape index (κ1) is 17.5. The number of imidazole rings is 1. The predicted molar refractivity (Wildman–Crippen MR) is 106 cm³/mol. The maximum Gasteiger partial charge on any atom is 0.326 e. The van der Waals surface area contributed by atoms with Crippen molar-refractivity contribution in [3.8, 4) is 0 Å². The lowest BCUT2D eigenvalue weighted by Gasteiger charge is -2.12. The van der Waals surface area contributed by atoms with Gasteiger partial charge in [-0.25, -0.2) is 9.78 Å². The first-order chi connectivity index (χ1) is 13.0. The van der Waals surface area contributed by atoms with Crippen LogP contribution in [0.15, 0.2) is 48.5 Å². The average molecular weight is 400 g/mol. The largest absolute Gasteiger partial charge is 0.480 e. The zero-order valence-electron chi connectivity index (χ0n) is 13.9. The molecule has 6 nitrogen and oxygen atoms in total. The fourth-order valence-corrected chi connectivity index (χ4v) is 3.99. The standard InChI is InChI=1S/C19H14ClN3O3S/c20-11-5-6-12-13(8-11)22-17(21-12)9-14(19(25)26)23-18(24)16-7-10-3-1-2-4-15(10)27-16/h1-8,14H,9H2,(H,21,22)(H,23,24)(H,25,26)/t14-/m1/s1. The highest BCUT2D eigenvalue weighted by Gasteiger charge is 2.23. The molecule has 4 rings (SSSR count). The summed E-state index contributed by atoms with van der Waals surface area (Å²) in [6.07, 6.45) is 0.0399. The Kier molecular flexibility index (Phi) is 4.55. The number of hydrogen-bond donors (Lipinski definition) is 3. The summed E-state index contributed by atoms with van der Waals surface area (Å²) in [5.74, 6) is -1.07. The third kappa shape index (κ3) is 3.65. The maximum atomic E-state index is 12.5. The second kappa shape index (κ2) is 7.02. The van der Waals surface area contributed by atoms with Gasteiger partial charge < -0.3 is 15.4 Å². The molecule has 0 unspecified atom stereocenters. The Morgan fingerprint density at radius 1 is 1.22 bits per heavy atom. The number of carbonyl (C=O) groups excluding carboxylic acids is 1. The van der Waals surface area contributed by atoms with E-state index in [4.69, 9.17) is 11.6 Å². The second-order valence-corrected chi connectivity index (χ2v) is 7.58. The van der Waals surface area contributed by atoms with Crippen LogP contribution in [0.3, 0.4) is 0 Å². The van der Waals surface area contributed by atoms with E-state index in [0.717, 1.165) is 15.6 Å². The number of nitrogens with zero attached hydrogens (tertiary/aromatic N) is 1. The van der Waals surface area contributed by atoms with Gasteiger partial charge in [0.25, 0.3) is 5.91 Å². The van der Waals surface area contributed by atoms with Crippen molar-refractivity contribution >= 4 is 55.9 Å². The predicted octanol–water partition coefficient (Wildman–Crippen LogP) is 3.86. The van der Waals surface area contributed by atoms with E-state index in [1.165, 1.54) is 11.3 Å². The minimum absolute atomic E-state index is 0.0399. The number of carbonyl (C=O) groups is 2. The average Bonchev–Trinajstić information content (AvgIpc) is 3.23. The van der Waals surface area contributed by atoms with Gasteiger partial charge in [0, 0.05) is 16.1 Å². The lowest BCUT2D eigenvalue weighted by atomic mass is 10.2. The highest BCUT2D eigenvalue weighted by Crippen LogP contribution is 2.25. The Morgan fingerprint density at radius 3 is 2.81 bits per heavy atom. The summed E-state index contributed by atoms with van der Waals surface area (Å²) < 4.78 is 0.976. The Hall–Kier alpha value is -2.90. The smallest absolute Gasteiger partial charge is 0.326 e. The maximum absolute atomic E-state index is 12.5. The van der Waals surface area contributed by atoms with Crippen LogP contribution >= 0.6 is 22.9 Å². The normalized spacial score (nSPS) is 12.3. The number of amides is 1. The molecule has 3 N–H and O–H groups in total. The Bertz CT molecular complexity index is 1130. The van der Waals surface area contributed by atoms with Crippen LogP contribution in [-0.4, -0.2) is 33.0 Å². The van der Waals surface area contributed by atoms with Crippen molar-refractivity contribution in [1.29, 1.82) is 0 Å². The van der Waals surface area contributed by atoms with E-state index in [-0.39, 0.29) is 6.42 Å². The highest BCUT2D eigenvalue weighted by atomic mass is 35.5. The van der Waals surface area contributed by atoms with E-state index in [1.54, 1.807) is 24.3 Å². The molecule has 27 heavy (non-hydrogen) atoms. The van der Waals surface area contributed by atoms with Gasteiger partial charge in [-0.05, 0) is 35.7 Å². The van der Waals surface area contributed by atoms with E-state index in [1.807, 2.05) is 24.3 Å². The van der Waals surface area contributed by atoms with Crippen LogP contribution in [0.1, 0.15) is 15.5 Å². The topological polar surface area (TPSA) is 95.1 Å². The van der Waals surface area contributed by atoms with Crippen LogP contribution < -0.4 is 5.32 Å². The van der Waals surface area contributed by atoms with Crippen molar-refractivity contribution < 1.29 is 14.7 Å². The van der Waals surface area contributed by atoms with Crippen molar-refractivity contribution in [2.45, 2.75) is 12.5 Å². The molecular formula is C19H14ClN3O3S. The second-order valence-electron chi connectivity index (χ2n) is 6.06. The molecule has 0 bridgehead atoms. The number of aromatic amines is 1. The number of rotatable bonds is 5. The van der Waals surface area contributed by atoms with Gasteiger partial charge in [0.15, 0.2) is 0 Å². The Labute approximate surface area is 162 Å². The quantitative estimate of drug-likeness (QED) is 0.475. The van der Waals surface area contributed by atoms with Crippen molar-refractivity contribution in [1.82, 2.24) is 15.3 Å². The summed E-state index contributed by atoms with van der Waals surface area (Å²) in [4.78, 5) is 32.0. The van der Waals surface area contributed by atoms with Crippen molar-refractivity contribution in [2.24, 2.45) is 0 Å². The first-order valence-electron chi connectivity index (χ1n) is 8.16. The molecule has 0 saturated heterocycles. The molecule has 1 atom stereocenters. The number of carboxylic acid groups (broad SMARTS) is 1. The Morgan fingerprint density at radius 2 is 2.04 bits per heavy atom. The van der Waals surface area contributed by atoms with Gasteiger partial charge in [-0.3, -0.25) is 4.79 Å². The van der Waals surface area contributed by atoms with Gasteiger partial charge in [-0.15, -0.1) is 11.3 Å². The summed E-state index contributed by atoms with van der Waals surface area (Å²) in [5, 5.41) is 13.6. The van der Waals surface area contributed by atoms with Gasteiger partial charge in [0.2, 0.25) is 0 Å². The fraction of sp³-hybridized carbons (Fsp3) is 0.105.